The molecule has 3 N–H and O–H groups in total. The summed E-state index contributed by atoms with van der Waals surface area (Å²) in [5.41, 5.74) is 4.39. The van der Waals surface area contributed by atoms with Gasteiger partial charge >= 0.3 is 12.1 Å². The smallest absolute Gasteiger partial charge is 0.407 e. The average Bonchev–Trinajstić information content (AvgIpc) is 3.04. The molecule has 1 atom stereocenters. The Hall–Kier alpha value is -3.79. The van der Waals surface area contributed by atoms with Crippen LogP contribution in [0, 0.1) is 12.3 Å². The van der Waals surface area contributed by atoms with Gasteiger partial charge in [0.2, 0.25) is 5.91 Å². The summed E-state index contributed by atoms with van der Waals surface area (Å²) in [6.45, 7) is -0.290. The van der Waals surface area contributed by atoms with Gasteiger partial charge in [0.15, 0.2) is 0 Å². The van der Waals surface area contributed by atoms with E-state index in [1.165, 1.54) is 0 Å². The van der Waals surface area contributed by atoms with E-state index in [-0.39, 0.29) is 18.9 Å². The van der Waals surface area contributed by atoms with Crippen LogP contribution < -0.4 is 10.6 Å². The van der Waals surface area contributed by atoms with Crippen molar-refractivity contribution in [3.05, 3.63) is 59.7 Å². The normalized spacial score (nSPS) is 12.8. The number of terminal acetylenes is 1. The minimum atomic E-state index is -1.24. The number of carbonyl (C=O) groups excluding carboxylic acids is 2. The van der Waals surface area contributed by atoms with Gasteiger partial charge < -0.3 is 20.5 Å². The summed E-state index contributed by atoms with van der Waals surface area (Å²) in [6, 6.07) is 14.7. The number of carbonyl (C=O) groups is 3. The maximum atomic E-state index is 12.0. The summed E-state index contributed by atoms with van der Waals surface area (Å²) in [5.74, 6) is 0.187. The van der Waals surface area contributed by atoms with E-state index in [1.807, 2.05) is 48.5 Å². The number of carboxylic acids is 1. The molecule has 1 aliphatic carbocycles. The Morgan fingerprint density at radius 1 is 1.07 bits per heavy atom. The van der Waals surface area contributed by atoms with Crippen LogP contribution in [-0.2, 0) is 14.3 Å². The van der Waals surface area contributed by atoms with Crippen LogP contribution in [0.15, 0.2) is 48.5 Å². The number of amides is 2. The van der Waals surface area contributed by atoms with E-state index in [4.69, 9.17) is 16.3 Å². The van der Waals surface area contributed by atoms with Gasteiger partial charge in [0.25, 0.3) is 0 Å². The Bertz CT molecular complexity index is 934. The van der Waals surface area contributed by atoms with Crippen molar-refractivity contribution in [1.29, 1.82) is 0 Å². The third-order valence-corrected chi connectivity index (χ3v) is 4.69. The predicted octanol–water partition coefficient (Wildman–Crippen LogP) is 2.12. The molecule has 148 valence electrons. The van der Waals surface area contributed by atoms with E-state index < -0.39 is 30.6 Å². The molecule has 0 aliphatic heterocycles. The number of alkyl carbamates (subject to hydrolysis) is 1. The second-order valence-electron chi connectivity index (χ2n) is 6.55. The van der Waals surface area contributed by atoms with E-state index in [0.29, 0.717) is 0 Å². The molecule has 0 spiro atoms. The first kappa shape index (κ1) is 20.0. The summed E-state index contributed by atoms with van der Waals surface area (Å²) < 4.78 is 5.31. The summed E-state index contributed by atoms with van der Waals surface area (Å²) >= 11 is 0. The molecule has 1 unspecified atom stereocenters. The van der Waals surface area contributed by atoms with Gasteiger partial charge in [-0.1, -0.05) is 48.5 Å². The molecule has 0 heterocycles. The van der Waals surface area contributed by atoms with E-state index in [2.05, 4.69) is 16.6 Å². The van der Waals surface area contributed by atoms with Crippen molar-refractivity contribution in [3.8, 4) is 23.5 Å². The molecular formula is C22H20N2O5. The fourth-order valence-corrected chi connectivity index (χ4v) is 3.37. The molecule has 0 fully saturated rings. The number of benzene rings is 2. The zero-order valence-electron chi connectivity index (χ0n) is 15.6. The summed E-state index contributed by atoms with van der Waals surface area (Å²) in [5, 5.41) is 13.5. The van der Waals surface area contributed by atoms with Crippen molar-refractivity contribution in [2.24, 2.45) is 0 Å². The number of nitrogens with one attached hydrogen (secondary N) is 2. The first-order valence-corrected chi connectivity index (χ1v) is 9.05. The monoisotopic (exact) mass is 392 g/mol. The molecule has 0 saturated heterocycles. The van der Waals surface area contributed by atoms with Crippen molar-refractivity contribution >= 4 is 18.0 Å². The molecule has 1 aliphatic rings. The summed E-state index contributed by atoms with van der Waals surface area (Å²) in [4.78, 5) is 34.8. The van der Waals surface area contributed by atoms with E-state index in [9.17, 15) is 14.4 Å². The van der Waals surface area contributed by atoms with Gasteiger partial charge in [0, 0.05) is 12.3 Å². The van der Waals surface area contributed by atoms with Crippen LogP contribution >= 0.6 is 0 Å². The van der Waals surface area contributed by atoms with Crippen molar-refractivity contribution < 1.29 is 24.2 Å². The SMILES string of the molecule is C#CCC(NC(=O)CNC(=O)OCC1c2ccccc2-c2ccccc21)C(=O)O. The lowest BCUT2D eigenvalue weighted by molar-refractivity contribution is -0.141. The number of carboxylic acid groups (broad SMARTS) is 1. The van der Waals surface area contributed by atoms with Gasteiger partial charge in [0.1, 0.15) is 19.2 Å². The molecule has 0 bridgehead atoms. The first-order valence-electron chi connectivity index (χ1n) is 9.05. The number of fused-ring (bicyclic) bond motifs is 3. The Morgan fingerprint density at radius 2 is 1.66 bits per heavy atom. The minimum absolute atomic E-state index is 0.0889. The Kier molecular flexibility index (Phi) is 6.15. The quantitative estimate of drug-likeness (QED) is 0.626. The molecule has 0 saturated carbocycles. The minimum Gasteiger partial charge on any atom is -0.480 e. The molecular weight excluding hydrogens is 372 g/mol. The highest BCUT2D eigenvalue weighted by atomic mass is 16.5. The van der Waals surface area contributed by atoms with Crippen LogP contribution in [-0.4, -0.2) is 42.3 Å². The van der Waals surface area contributed by atoms with Crippen LogP contribution in [0.3, 0.4) is 0 Å². The molecule has 3 rings (SSSR count). The van der Waals surface area contributed by atoms with Crippen molar-refractivity contribution in [3.63, 3.8) is 0 Å². The van der Waals surface area contributed by atoms with Gasteiger partial charge in [-0.3, -0.25) is 4.79 Å². The lowest BCUT2D eigenvalue weighted by Gasteiger charge is -2.15. The highest BCUT2D eigenvalue weighted by molar-refractivity contribution is 5.86. The number of ether oxygens (including phenoxy) is 1. The van der Waals surface area contributed by atoms with Crippen molar-refractivity contribution in [1.82, 2.24) is 10.6 Å². The molecule has 0 aromatic heterocycles. The van der Waals surface area contributed by atoms with E-state index in [0.717, 1.165) is 22.3 Å². The number of hydrogen-bond donors (Lipinski definition) is 3. The van der Waals surface area contributed by atoms with Crippen LogP contribution in [0.2, 0.25) is 0 Å². The van der Waals surface area contributed by atoms with Gasteiger partial charge in [-0.15, -0.1) is 12.3 Å². The molecule has 7 heteroatoms. The van der Waals surface area contributed by atoms with Gasteiger partial charge in [-0.05, 0) is 22.3 Å². The fraction of sp³-hybridized carbons (Fsp3) is 0.227. The highest BCUT2D eigenvalue weighted by Crippen LogP contribution is 2.44. The first-order chi connectivity index (χ1) is 14.0. The Balaban J connectivity index is 1.54. The zero-order valence-corrected chi connectivity index (χ0v) is 15.6. The van der Waals surface area contributed by atoms with E-state index in [1.54, 1.807) is 0 Å². The lowest BCUT2D eigenvalue weighted by Crippen LogP contribution is -2.45. The molecule has 7 nitrogen and oxygen atoms in total. The molecule has 29 heavy (non-hydrogen) atoms. The topological polar surface area (TPSA) is 105 Å². The third kappa shape index (κ3) is 4.55. The van der Waals surface area contributed by atoms with Crippen LogP contribution in [0.1, 0.15) is 23.5 Å². The van der Waals surface area contributed by atoms with Crippen LogP contribution in [0.25, 0.3) is 11.1 Å². The lowest BCUT2D eigenvalue weighted by atomic mass is 9.98. The number of rotatable bonds is 7. The molecule has 2 aromatic rings. The second kappa shape index (κ2) is 8.93. The van der Waals surface area contributed by atoms with Gasteiger partial charge in [-0.25, -0.2) is 9.59 Å². The third-order valence-electron chi connectivity index (χ3n) is 4.69. The number of hydrogen-bond acceptors (Lipinski definition) is 4. The Morgan fingerprint density at radius 3 is 2.21 bits per heavy atom. The summed E-state index contributed by atoms with van der Waals surface area (Å²) in [7, 11) is 0. The highest BCUT2D eigenvalue weighted by Gasteiger charge is 2.29. The standard InChI is InChI=1S/C22H20N2O5/c1-2-7-19(21(26)27)24-20(25)12-23-22(28)29-13-18-16-10-5-3-8-14(16)15-9-4-6-11-17(15)18/h1,3-6,8-11,18-19H,7,12-13H2,(H,23,28)(H,24,25)(H,26,27). The van der Waals surface area contributed by atoms with Crippen LogP contribution in [0.5, 0.6) is 0 Å². The average molecular weight is 392 g/mol. The Labute approximate surface area is 168 Å². The number of aliphatic carboxylic acids is 1. The summed E-state index contributed by atoms with van der Waals surface area (Å²) in [6.07, 6.45) is 4.17. The zero-order chi connectivity index (χ0) is 20.8. The molecule has 2 aromatic carbocycles. The maximum absolute atomic E-state index is 12.0. The predicted molar refractivity (Wildman–Crippen MR) is 106 cm³/mol. The van der Waals surface area contributed by atoms with Gasteiger partial charge in [0.05, 0.1) is 0 Å². The van der Waals surface area contributed by atoms with Gasteiger partial charge in [-0.2, -0.15) is 0 Å². The van der Waals surface area contributed by atoms with Crippen LogP contribution in [0.4, 0.5) is 4.79 Å². The molecule has 2 amide bonds. The second-order valence-corrected chi connectivity index (χ2v) is 6.55. The van der Waals surface area contributed by atoms with Crippen molar-refractivity contribution in [2.45, 2.75) is 18.4 Å². The molecule has 0 radical (unpaired) electrons. The van der Waals surface area contributed by atoms with E-state index >= 15 is 0 Å². The maximum Gasteiger partial charge on any atom is 0.407 e. The fourth-order valence-electron chi connectivity index (χ4n) is 3.37. The largest absolute Gasteiger partial charge is 0.480 e. The van der Waals surface area contributed by atoms with Crippen molar-refractivity contribution in [2.75, 3.05) is 13.2 Å².